The third-order valence-electron chi connectivity index (χ3n) is 8.69. The van der Waals surface area contributed by atoms with Crippen LogP contribution in [0.5, 0.6) is 0 Å². The van der Waals surface area contributed by atoms with Crippen molar-refractivity contribution >= 4 is 11.9 Å². The van der Waals surface area contributed by atoms with Gasteiger partial charge in [0.1, 0.15) is 6.61 Å². The first kappa shape index (κ1) is 46.1. The van der Waals surface area contributed by atoms with Crippen molar-refractivity contribution in [3.05, 3.63) is 36.5 Å². The summed E-state index contributed by atoms with van der Waals surface area (Å²) in [5.41, 5.74) is 0. The van der Waals surface area contributed by atoms with Gasteiger partial charge in [-0.2, -0.15) is 0 Å². The Bertz CT molecular complexity index is 771. The van der Waals surface area contributed by atoms with Gasteiger partial charge in [-0.15, -0.1) is 0 Å². The molecule has 0 spiro atoms. The van der Waals surface area contributed by atoms with Crippen LogP contribution >= 0.6 is 0 Å². The Morgan fingerprint density at radius 3 is 1.50 bits per heavy atom. The lowest BCUT2D eigenvalue weighted by Crippen LogP contribution is -2.30. The molecular weight excluding hydrogens is 596 g/mol. The van der Waals surface area contributed by atoms with Crippen LogP contribution in [-0.4, -0.2) is 37.9 Å². The van der Waals surface area contributed by atoms with E-state index >= 15 is 0 Å². The van der Waals surface area contributed by atoms with Gasteiger partial charge >= 0.3 is 11.9 Å². The highest BCUT2D eigenvalue weighted by atomic mass is 16.6. The lowest BCUT2D eigenvalue weighted by atomic mass is 10.1. The van der Waals surface area contributed by atoms with Crippen LogP contribution in [0.15, 0.2) is 36.5 Å². The Hall–Kier alpha value is -1.88. The van der Waals surface area contributed by atoms with E-state index in [4.69, 9.17) is 14.2 Å². The highest BCUT2D eigenvalue weighted by molar-refractivity contribution is 5.70. The molecule has 0 rings (SSSR count). The molecule has 0 saturated heterocycles. The van der Waals surface area contributed by atoms with E-state index in [0.717, 1.165) is 70.6 Å². The molecule has 1 atom stereocenters. The predicted octanol–water partition coefficient (Wildman–Crippen LogP) is 13.1. The molecule has 0 aliphatic rings. The number of esters is 2. The fourth-order valence-electron chi connectivity index (χ4n) is 5.64. The van der Waals surface area contributed by atoms with Crippen LogP contribution in [0.4, 0.5) is 0 Å². The van der Waals surface area contributed by atoms with E-state index in [2.05, 4.69) is 57.2 Å². The predicted molar refractivity (Wildman–Crippen MR) is 205 cm³/mol. The van der Waals surface area contributed by atoms with Crippen molar-refractivity contribution in [2.75, 3.05) is 19.8 Å². The van der Waals surface area contributed by atoms with E-state index < -0.39 is 6.10 Å². The van der Waals surface area contributed by atoms with Gasteiger partial charge in [0.2, 0.25) is 0 Å². The molecule has 0 aliphatic carbocycles. The van der Waals surface area contributed by atoms with E-state index in [1.807, 2.05) is 0 Å². The average Bonchev–Trinajstić information content (AvgIpc) is 3.08. The van der Waals surface area contributed by atoms with Crippen LogP contribution in [-0.2, 0) is 23.8 Å². The smallest absolute Gasteiger partial charge is 0.306 e. The number of carbonyl (C=O) groups excluding carboxylic acids is 2. The maximum Gasteiger partial charge on any atom is 0.306 e. The summed E-state index contributed by atoms with van der Waals surface area (Å²) in [7, 11) is 0. The molecule has 0 aromatic rings. The number of ether oxygens (including phenoxy) is 3. The second kappa shape index (κ2) is 39.6. The molecule has 0 aromatic heterocycles. The second-order valence-electron chi connectivity index (χ2n) is 13.5. The van der Waals surface area contributed by atoms with Gasteiger partial charge < -0.3 is 14.2 Å². The fraction of sp³-hybridized carbons (Fsp3) is 0.814. The van der Waals surface area contributed by atoms with E-state index in [1.54, 1.807) is 0 Å². The van der Waals surface area contributed by atoms with Crippen LogP contribution in [0.2, 0.25) is 0 Å². The zero-order chi connectivity index (χ0) is 35.0. The van der Waals surface area contributed by atoms with E-state index in [0.29, 0.717) is 19.4 Å². The number of hydrogen-bond donors (Lipinski definition) is 0. The summed E-state index contributed by atoms with van der Waals surface area (Å²) in [6, 6.07) is 0. The molecule has 280 valence electrons. The molecule has 0 fully saturated rings. The van der Waals surface area contributed by atoms with Crippen molar-refractivity contribution in [2.45, 2.75) is 207 Å². The minimum atomic E-state index is -0.528. The van der Waals surface area contributed by atoms with Crippen LogP contribution in [0.25, 0.3) is 0 Å². The van der Waals surface area contributed by atoms with E-state index in [1.165, 1.54) is 96.3 Å². The molecule has 0 saturated carbocycles. The van der Waals surface area contributed by atoms with Gasteiger partial charge in [-0.25, -0.2) is 0 Å². The topological polar surface area (TPSA) is 61.8 Å². The van der Waals surface area contributed by atoms with Crippen molar-refractivity contribution < 1.29 is 23.8 Å². The summed E-state index contributed by atoms with van der Waals surface area (Å²) < 4.78 is 17.1. The number of hydrogen-bond acceptors (Lipinski definition) is 5. The minimum absolute atomic E-state index is 0.0832. The molecule has 5 nitrogen and oxygen atoms in total. The normalized spacial score (nSPS) is 12.5. The Morgan fingerprint density at radius 1 is 0.479 bits per heavy atom. The molecule has 0 bridgehead atoms. The fourth-order valence-corrected chi connectivity index (χ4v) is 5.64. The minimum Gasteiger partial charge on any atom is -0.462 e. The van der Waals surface area contributed by atoms with Gasteiger partial charge in [0, 0.05) is 19.4 Å². The summed E-state index contributed by atoms with van der Waals surface area (Å²) in [5, 5.41) is 0. The molecule has 0 heterocycles. The third kappa shape index (κ3) is 36.9. The van der Waals surface area contributed by atoms with Gasteiger partial charge in [0.15, 0.2) is 6.10 Å². The lowest BCUT2D eigenvalue weighted by Gasteiger charge is -2.18. The Balaban J connectivity index is 4.10. The maximum absolute atomic E-state index is 12.6. The largest absolute Gasteiger partial charge is 0.462 e. The quantitative estimate of drug-likeness (QED) is 0.0373. The highest BCUT2D eigenvalue weighted by Crippen LogP contribution is 2.13. The molecule has 48 heavy (non-hydrogen) atoms. The second-order valence-corrected chi connectivity index (χ2v) is 13.5. The van der Waals surface area contributed by atoms with Crippen LogP contribution < -0.4 is 0 Å². The molecular formula is C43H78O5. The van der Waals surface area contributed by atoms with Crippen LogP contribution in [0.1, 0.15) is 201 Å². The molecule has 1 unspecified atom stereocenters. The number of allylic oxidation sites excluding steroid dienone is 6. The van der Waals surface area contributed by atoms with Gasteiger partial charge in [0.25, 0.3) is 0 Å². The third-order valence-corrected chi connectivity index (χ3v) is 8.69. The number of rotatable bonds is 37. The monoisotopic (exact) mass is 675 g/mol. The molecule has 0 aromatic carbocycles. The first-order valence-electron chi connectivity index (χ1n) is 20.5. The summed E-state index contributed by atoms with van der Waals surface area (Å²) in [6.45, 7) is 7.65. The highest BCUT2D eigenvalue weighted by Gasteiger charge is 2.17. The van der Waals surface area contributed by atoms with Crippen molar-refractivity contribution in [3.8, 4) is 0 Å². The van der Waals surface area contributed by atoms with Crippen molar-refractivity contribution in [2.24, 2.45) is 0 Å². The standard InChI is InChI=1S/C43H78O5/c1-4-7-10-13-16-18-19-20-21-22-23-24-25-27-28-30-33-36-42(44)47-40-41(39-46-38-35-32-15-12-9-6-3)48-43(45)37-34-31-29-26-17-14-11-8-5-2/h7,10,16,18,20-21,41H,4-6,8-9,11-15,17,19,22-40H2,1-3H3/b10-7-,18-16-,21-20-. The summed E-state index contributed by atoms with van der Waals surface area (Å²) in [5.74, 6) is -0.411. The molecule has 0 radical (unpaired) electrons. The number of carbonyl (C=O) groups is 2. The van der Waals surface area contributed by atoms with Gasteiger partial charge in [-0.1, -0.05) is 173 Å². The van der Waals surface area contributed by atoms with Crippen molar-refractivity contribution in [1.82, 2.24) is 0 Å². The van der Waals surface area contributed by atoms with Crippen molar-refractivity contribution in [3.63, 3.8) is 0 Å². The van der Waals surface area contributed by atoms with Gasteiger partial charge in [-0.05, 0) is 51.4 Å². The average molecular weight is 675 g/mol. The first-order chi connectivity index (χ1) is 23.6. The molecule has 0 aliphatic heterocycles. The summed E-state index contributed by atoms with van der Waals surface area (Å²) in [4.78, 5) is 25.0. The SMILES string of the molecule is CC/C=C\C/C=C\C/C=C\CCCCCCCCCC(=O)OCC(COCCCCCCCC)OC(=O)CCCCCCCCCCC. The molecule has 0 N–H and O–H groups in total. The zero-order valence-electron chi connectivity index (χ0n) is 32.0. The lowest BCUT2D eigenvalue weighted by molar-refractivity contribution is -0.163. The number of unbranched alkanes of at least 4 members (excludes halogenated alkanes) is 20. The summed E-state index contributed by atoms with van der Waals surface area (Å²) >= 11 is 0. The maximum atomic E-state index is 12.6. The van der Waals surface area contributed by atoms with Crippen LogP contribution in [0, 0.1) is 0 Å². The van der Waals surface area contributed by atoms with E-state index in [-0.39, 0.29) is 25.2 Å². The Kier molecular flexibility index (Phi) is 38.0. The Labute approximate surface area is 298 Å². The molecule has 0 amide bonds. The van der Waals surface area contributed by atoms with E-state index in [9.17, 15) is 9.59 Å². The van der Waals surface area contributed by atoms with Gasteiger partial charge in [-0.3, -0.25) is 9.59 Å². The molecule has 5 heteroatoms. The first-order valence-corrected chi connectivity index (χ1v) is 20.5. The van der Waals surface area contributed by atoms with Gasteiger partial charge in [0.05, 0.1) is 6.61 Å². The zero-order valence-corrected chi connectivity index (χ0v) is 32.0. The Morgan fingerprint density at radius 2 is 0.938 bits per heavy atom. The van der Waals surface area contributed by atoms with Crippen molar-refractivity contribution in [1.29, 1.82) is 0 Å². The van der Waals surface area contributed by atoms with Crippen LogP contribution in [0.3, 0.4) is 0 Å². The summed E-state index contributed by atoms with van der Waals surface area (Å²) in [6.07, 6.45) is 44.3.